The largest absolute Gasteiger partial charge is 0.392 e. The third-order valence-electron chi connectivity index (χ3n) is 3.17. The number of amides is 2. The molecular formula is C15H18FN3O3. The average Bonchev–Trinajstić information content (AvgIpc) is 2.49. The van der Waals surface area contributed by atoms with Crippen LogP contribution in [0.4, 0.5) is 4.39 Å². The van der Waals surface area contributed by atoms with E-state index in [2.05, 4.69) is 10.4 Å². The minimum atomic E-state index is -0.648. The first kappa shape index (κ1) is 16.1. The molecule has 1 aromatic rings. The first-order valence-corrected chi connectivity index (χ1v) is 7.04. The number of carbonyl (C=O) groups excluding carboxylic acids is 2. The molecule has 22 heavy (non-hydrogen) atoms. The maximum absolute atomic E-state index is 12.9. The van der Waals surface area contributed by atoms with Gasteiger partial charge in [-0.25, -0.2) is 9.40 Å². The summed E-state index contributed by atoms with van der Waals surface area (Å²) in [6.07, 6.45) is -0.183. The van der Waals surface area contributed by atoms with Crippen LogP contribution in [0, 0.1) is 5.82 Å². The number of hydrogen-bond donors (Lipinski definition) is 2. The number of aliphatic hydroxyl groups is 1. The van der Waals surface area contributed by atoms with Gasteiger partial charge in [0.2, 0.25) is 5.91 Å². The zero-order valence-corrected chi connectivity index (χ0v) is 12.3. The van der Waals surface area contributed by atoms with Gasteiger partial charge in [0.1, 0.15) is 11.5 Å². The first-order valence-electron chi connectivity index (χ1n) is 7.04. The second-order valence-electron chi connectivity index (χ2n) is 5.18. The highest BCUT2D eigenvalue weighted by Crippen LogP contribution is 2.14. The second-order valence-corrected chi connectivity index (χ2v) is 5.18. The minimum absolute atomic E-state index is 0.129. The number of halogens is 1. The molecular weight excluding hydrogens is 289 g/mol. The summed E-state index contributed by atoms with van der Waals surface area (Å²) in [4.78, 5) is 23.8. The molecule has 1 aromatic carbocycles. The lowest BCUT2D eigenvalue weighted by atomic mass is 10.1. The molecule has 2 amide bonds. The zero-order valence-electron chi connectivity index (χ0n) is 12.3. The van der Waals surface area contributed by atoms with E-state index in [0.29, 0.717) is 0 Å². The van der Waals surface area contributed by atoms with Crippen LogP contribution in [0.2, 0.25) is 0 Å². The summed E-state index contributed by atoms with van der Waals surface area (Å²) in [5.74, 6) is -0.927. The summed E-state index contributed by atoms with van der Waals surface area (Å²) in [5.41, 5.74) is 0.978. The first-order chi connectivity index (χ1) is 10.5. The molecule has 0 fully saturated rings. The van der Waals surface area contributed by atoms with Crippen molar-refractivity contribution < 1.29 is 19.1 Å². The Morgan fingerprint density at radius 1 is 1.41 bits per heavy atom. The molecule has 0 saturated heterocycles. The Balaban J connectivity index is 2.05. The minimum Gasteiger partial charge on any atom is -0.392 e. The van der Waals surface area contributed by atoms with Gasteiger partial charge < -0.3 is 10.4 Å². The molecule has 0 bridgehead atoms. The van der Waals surface area contributed by atoms with Crippen LogP contribution in [0.3, 0.4) is 0 Å². The molecule has 0 unspecified atom stereocenters. The molecule has 7 heteroatoms. The van der Waals surface area contributed by atoms with Gasteiger partial charge >= 0.3 is 0 Å². The van der Waals surface area contributed by atoms with Crippen molar-refractivity contribution in [2.75, 3.05) is 6.54 Å². The van der Waals surface area contributed by atoms with Crippen LogP contribution in [0.1, 0.15) is 25.3 Å². The molecule has 0 radical (unpaired) electrons. The topological polar surface area (TPSA) is 82.0 Å². The average molecular weight is 307 g/mol. The highest BCUT2D eigenvalue weighted by molar-refractivity contribution is 6.39. The fraction of sp³-hybridized carbons (Fsp3) is 0.400. The van der Waals surface area contributed by atoms with E-state index in [1.807, 2.05) is 0 Å². The molecule has 0 saturated carbocycles. The summed E-state index contributed by atoms with van der Waals surface area (Å²) >= 11 is 0. The number of aliphatic hydroxyl groups excluding tert-OH is 1. The Kier molecular flexibility index (Phi) is 5.21. The van der Waals surface area contributed by atoms with Crippen molar-refractivity contribution >= 4 is 17.5 Å². The second kappa shape index (κ2) is 7.13. The lowest BCUT2D eigenvalue weighted by molar-refractivity contribution is -0.132. The Labute approximate surface area is 127 Å². The summed E-state index contributed by atoms with van der Waals surface area (Å²) in [6, 6.07) is 5.76. The van der Waals surface area contributed by atoms with Crippen LogP contribution < -0.4 is 5.32 Å². The number of benzene rings is 1. The molecule has 0 aromatic heterocycles. The van der Waals surface area contributed by atoms with Gasteiger partial charge in [0.05, 0.1) is 12.6 Å². The summed E-state index contributed by atoms with van der Waals surface area (Å²) in [6.45, 7) is 1.88. The third kappa shape index (κ3) is 4.36. The van der Waals surface area contributed by atoms with Crippen molar-refractivity contribution in [3.05, 3.63) is 35.6 Å². The van der Waals surface area contributed by atoms with Gasteiger partial charge in [-0.2, -0.15) is 5.10 Å². The number of nitrogens with one attached hydrogen (secondary N) is 1. The molecule has 1 heterocycles. The maximum Gasteiger partial charge on any atom is 0.267 e. The van der Waals surface area contributed by atoms with E-state index >= 15 is 0 Å². The smallest absolute Gasteiger partial charge is 0.267 e. The number of carbonyl (C=O) groups is 2. The van der Waals surface area contributed by atoms with Crippen molar-refractivity contribution in [3.8, 4) is 0 Å². The van der Waals surface area contributed by atoms with Gasteiger partial charge in [-0.15, -0.1) is 0 Å². The van der Waals surface area contributed by atoms with Gasteiger partial charge in [-0.1, -0.05) is 12.1 Å². The Morgan fingerprint density at radius 2 is 2.09 bits per heavy atom. The fourth-order valence-corrected chi connectivity index (χ4v) is 1.99. The van der Waals surface area contributed by atoms with Crippen LogP contribution in [0.25, 0.3) is 0 Å². The SMILES string of the molecule is C[C@@H](O)CNC(=O)C1=NN(Cc2ccc(F)cc2)C(=O)CC1. The standard InChI is InChI=1S/C15H18FN3O3/c1-10(20)8-17-15(22)13-6-7-14(21)19(18-13)9-11-2-4-12(16)5-3-11/h2-5,10,20H,6-9H2,1H3,(H,17,22)/t10-/m1/s1. The van der Waals surface area contributed by atoms with Gasteiger partial charge in [-0.05, 0) is 24.6 Å². The van der Waals surface area contributed by atoms with E-state index in [1.165, 1.54) is 17.1 Å². The fourth-order valence-electron chi connectivity index (χ4n) is 1.99. The molecule has 118 valence electrons. The van der Waals surface area contributed by atoms with Crippen molar-refractivity contribution in [1.82, 2.24) is 10.3 Å². The zero-order chi connectivity index (χ0) is 16.1. The number of hydrazone groups is 1. The van der Waals surface area contributed by atoms with E-state index in [4.69, 9.17) is 5.11 Å². The molecule has 1 aliphatic rings. The number of hydrogen-bond acceptors (Lipinski definition) is 4. The van der Waals surface area contributed by atoms with Crippen molar-refractivity contribution in [2.45, 2.75) is 32.4 Å². The lowest BCUT2D eigenvalue weighted by Gasteiger charge is -2.23. The van der Waals surface area contributed by atoms with E-state index in [-0.39, 0.29) is 43.4 Å². The van der Waals surface area contributed by atoms with Crippen molar-refractivity contribution in [3.63, 3.8) is 0 Å². The Bertz CT molecular complexity index is 584. The van der Waals surface area contributed by atoms with Crippen LogP contribution >= 0.6 is 0 Å². The van der Waals surface area contributed by atoms with Crippen LogP contribution in [0.5, 0.6) is 0 Å². The number of nitrogens with zero attached hydrogens (tertiary/aromatic N) is 2. The Morgan fingerprint density at radius 3 is 2.73 bits per heavy atom. The highest BCUT2D eigenvalue weighted by atomic mass is 19.1. The molecule has 6 nitrogen and oxygen atoms in total. The third-order valence-corrected chi connectivity index (χ3v) is 3.17. The lowest BCUT2D eigenvalue weighted by Crippen LogP contribution is -2.40. The van der Waals surface area contributed by atoms with Crippen LogP contribution in [0.15, 0.2) is 29.4 Å². The maximum atomic E-state index is 12.9. The van der Waals surface area contributed by atoms with Gasteiger partial charge in [0, 0.05) is 19.4 Å². The van der Waals surface area contributed by atoms with Crippen molar-refractivity contribution in [2.24, 2.45) is 5.10 Å². The molecule has 0 aliphatic carbocycles. The van der Waals surface area contributed by atoms with Crippen LogP contribution in [-0.2, 0) is 16.1 Å². The van der Waals surface area contributed by atoms with E-state index in [0.717, 1.165) is 5.56 Å². The van der Waals surface area contributed by atoms with Gasteiger partial charge in [0.15, 0.2) is 0 Å². The molecule has 2 rings (SSSR count). The van der Waals surface area contributed by atoms with E-state index in [9.17, 15) is 14.0 Å². The molecule has 1 atom stereocenters. The van der Waals surface area contributed by atoms with Gasteiger partial charge in [0.25, 0.3) is 5.91 Å². The molecule has 2 N–H and O–H groups in total. The predicted octanol–water partition coefficient (Wildman–Crippen LogP) is 0.801. The number of rotatable bonds is 5. The monoisotopic (exact) mass is 307 g/mol. The normalized spacial score (nSPS) is 16.2. The quantitative estimate of drug-likeness (QED) is 0.844. The van der Waals surface area contributed by atoms with Crippen molar-refractivity contribution in [1.29, 1.82) is 0 Å². The Hall–Kier alpha value is -2.28. The molecule has 1 aliphatic heterocycles. The summed E-state index contributed by atoms with van der Waals surface area (Å²) < 4.78 is 12.9. The predicted molar refractivity (Wildman–Crippen MR) is 78.3 cm³/mol. The molecule has 0 spiro atoms. The van der Waals surface area contributed by atoms with E-state index in [1.54, 1.807) is 19.1 Å². The van der Waals surface area contributed by atoms with Crippen LogP contribution in [-0.4, -0.2) is 40.3 Å². The highest BCUT2D eigenvalue weighted by Gasteiger charge is 2.24. The summed E-state index contributed by atoms with van der Waals surface area (Å²) in [5, 5.41) is 17.0. The van der Waals surface area contributed by atoms with E-state index < -0.39 is 12.0 Å². The summed E-state index contributed by atoms with van der Waals surface area (Å²) in [7, 11) is 0. The van der Waals surface area contributed by atoms with Gasteiger partial charge in [-0.3, -0.25) is 9.59 Å².